The number of sulfonamides is 1. The first kappa shape index (κ1) is 23.1. The number of rotatable bonds is 7. The van der Waals surface area contributed by atoms with E-state index in [1.165, 1.54) is 0 Å². The molecule has 3 N–H and O–H groups in total. The monoisotopic (exact) mass is 403 g/mol. The van der Waals surface area contributed by atoms with Gasteiger partial charge in [-0.05, 0) is 6.92 Å². The molecule has 1 aliphatic heterocycles. The second kappa shape index (κ2) is 10.9. The lowest BCUT2D eigenvalue weighted by Gasteiger charge is -2.26. The van der Waals surface area contributed by atoms with Crippen LogP contribution in [0.15, 0.2) is 11.2 Å². The molecular weight excluding hydrogens is 381 g/mol. The third-order valence-corrected chi connectivity index (χ3v) is 4.73. The maximum Gasteiger partial charge on any atom is 0.342 e. The molecule has 1 aromatic rings. The Labute approximate surface area is 153 Å². The van der Waals surface area contributed by atoms with E-state index in [9.17, 15) is 13.2 Å². The fourth-order valence-electron chi connectivity index (χ4n) is 2.18. The minimum atomic E-state index is -3.82. The highest BCUT2D eigenvalue weighted by molar-refractivity contribution is 7.89. The maximum atomic E-state index is 12.2. The van der Waals surface area contributed by atoms with Crippen molar-refractivity contribution in [2.75, 3.05) is 45.9 Å². The third-order valence-electron chi connectivity index (χ3n) is 3.30. The predicted molar refractivity (Wildman–Crippen MR) is 93.5 cm³/mol. The Morgan fingerprint density at radius 3 is 2.67 bits per heavy atom. The molecule has 12 heteroatoms. The number of hydrogen-bond acceptors (Lipinski definition) is 7. The first-order valence-electron chi connectivity index (χ1n) is 7.18. The van der Waals surface area contributed by atoms with Crippen LogP contribution in [0.4, 0.5) is 0 Å². The van der Waals surface area contributed by atoms with Crippen molar-refractivity contribution in [2.45, 2.75) is 11.9 Å². The van der Waals surface area contributed by atoms with Gasteiger partial charge in [-0.25, -0.2) is 17.9 Å². The lowest BCUT2D eigenvalue weighted by Crippen LogP contribution is -2.46. The molecule has 0 aliphatic carbocycles. The van der Waals surface area contributed by atoms with Crippen molar-refractivity contribution in [3.63, 3.8) is 0 Å². The Hall–Kier alpha value is -0.910. The molecule has 2 heterocycles. The summed E-state index contributed by atoms with van der Waals surface area (Å²) in [5.41, 5.74) is -0.0866. The zero-order valence-corrected chi connectivity index (χ0v) is 15.7. The summed E-state index contributed by atoms with van der Waals surface area (Å²) in [6, 6.07) is 0. The molecule has 2 rings (SSSR count). The highest BCUT2D eigenvalue weighted by atomic mass is 35.5. The molecule has 0 bridgehead atoms. The third kappa shape index (κ3) is 6.19. The van der Waals surface area contributed by atoms with Gasteiger partial charge in [0.05, 0.1) is 12.8 Å². The number of aromatic nitrogens is 2. The molecule has 0 saturated carbocycles. The summed E-state index contributed by atoms with van der Waals surface area (Å²) in [6.07, 6.45) is 1.16. The van der Waals surface area contributed by atoms with Gasteiger partial charge in [-0.3, -0.25) is 10.00 Å². The molecule has 0 amide bonds. The Bertz CT molecular complexity index is 604. The second-order valence-corrected chi connectivity index (χ2v) is 6.53. The van der Waals surface area contributed by atoms with Gasteiger partial charge < -0.3 is 10.1 Å². The van der Waals surface area contributed by atoms with Crippen LogP contribution in [0.3, 0.4) is 0 Å². The number of aromatic amines is 1. The average Bonchev–Trinajstić information content (AvgIpc) is 2.99. The van der Waals surface area contributed by atoms with E-state index in [2.05, 4.69) is 25.1 Å². The van der Waals surface area contributed by atoms with Crippen molar-refractivity contribution in [1.29, 1.82) is 0 Å². The lowest BCUT2D eigenvalue weighted by molar-refractivity contribution is 0.0522. The molecule has 0 radical (unpaired) electrons. The largest absolute Gasteiger partial charge is 0.462 e. The minimum absolute atomic E-state index is 0. The van der Waals surface area contributed by atoms with Crippen molar-refractivity contribution >= 4 is 40.8 Å². The van der Waals surface area contributed by atoms with Crippen LogP contribution >= 0.6 is 24.8 Å². The van der Waals surface area contributed by atoms with Crippen molar-refractivity contribution in [3.05, 3.63) is 11.8 Å². The van der Waals surface area contributed by atoms with Crippen LogP contribution in [-0.4, -0.2) is 75.4 Å². The summed E-state index contributed by atoms with van der Waals surface area (Å²) in [7, 11) is -3.82. The van der Waals surface area contributed by atoms with E-state index >= 15 is 0 Å². The Balaban J connectivity index is 0.00000264. The smallest absolute Gasteiger partial charge is 0.342 e. The van der Waals surface area contributed by atoms with Crippen molar-refractivity contribution in [1.82, 2.24) is 25.1 Å². The van der Waals surface area contributed by atoms with Crippen LogP contribution in [0, 0.1) is 0 Å². The van der Waals surface area contributed by atoms with Gasteiger partial charge >= 0.3 is 5.97 Å². The van der Waals surface area contributed by atoms with E-state index < -0.39 is 16.0 Å². The van der Waals surface area contributed by atoms with Gasteiger partial charge in [-0.2, -0.15) is 5.10 Å². The summed E-state index contributed by atoms with van der Waals surface area (Å²) in [6.45, 7) is 6.28. The summed E-state index contributed by atoms with van der Waals surface area (Å²) < 4.78 is 31.8. The van der Waals surface area contributed by atoms with E-state index in [-0.39, 0.29) is 48.6 Å². The van der Waals surface area contributed by atoms with Gasteiger partial charge in [-0.1, -0.05) is 0 Å². The molecule has 0 aromatic carbocycles. The van der Waals surface area contributed by atoms with Gasteiger partial charge in [0.15, 0.2) is 5.03 Å². The van der Waals surface area contributed by atoms with Gasteiger partial charge in [0.25, 0.3) is 10.0 Å². The normalized spacial score (nSPS) is 15.2. The number of carbonyl (C=O) groups is 1. The minimum Gasteiger partial charge on any atom is -0.462 e. The first-order chi connectivity index (χ1) is 10.5. The topological polar surface area (TPSA) is 116 Å². The summed E-state index contributed by atoms with van der Waals surface area (Å²) in [5.74, 6) is -0.710. The molecule has 1 saturated heterocycles. The zero-order chi connectivity index (χ0) is 16.0. The van der Waals surface area contributed by atoms with E-state index in [4.69, 9.17) is 4.74 Å². The number of esters is 1. The molecule has 140 valence electrons. The fraction of sp³-hybridized carbons (Fsp3) is 0.667. The van der Waals surface area contributed by atoms with Crippen LogP contribution in [-0.2, 0) is 14.8 Å². The number of nitrogens with zero attached hydrogens (tertiary/aromatic N) is 2. The van der Waals surface area contributed by atoms with Crippen molar-refractivity contribution < 1.29 is 17.9 Å². The predicted octanol–water partition coefficient (Wildman–Crippen LogP) is -0.386. The van der Waals surface area contributed by atoms with E-state index in [1.807, 2.05) is 0 Å². The standard InChI is InChI=1S/C12H21N5O4S.2ClH/c1-2-21-12(18)10-9-14-16-11(10)22(19,20)15-5-8-17-6-3-13-4-7-17;;/h9,13,15H,2-8H2,1H3,(H,14,16);2*1H. The molecular formula is C12H23Cl2N5O4S. The Kier molecular flexibility index (Phi) is 10.4. The number of ether oxygens (including phenoxy) is 1. The molecule has 1 fully saturated rings. The van der Waals surface area contributed by atoms with Gasteiger partial charge in [0.2, 0.25) is 0 Å². The fourth-order valence-corrected chi connectivity index (χ4v) is 3.28. The zero-order valence-electron chi connectivity index (χ0n) is 13.3. The molecule has 0 atom stereocenters. The Morgan fingerprint density at radius 1 is 1.38 bits per heavy atom. The van der Waals surface area contributed by atoms with Gasteiger partial charge in [0.1, 0.15) is 5.56 Å². The van der Waals surface area contributed by atoms with E-state index in [0.29, 0.717) is 6.54 Å². The number of piperazine rings is 1. The molecule has 1 aromatic heterocycles. The molecule has 24 heavy (non-hydrogen) atoms. The summed E-state index contributed by atoms with van der Waals surface area (Å²) in [4.78, 5) is 13.9. The van der Waals surface area contributed by atoms with Gasteiger partial charge in [0, 0.05) is 39.3 Å². The van der Waals surface area contributed by atoms with Crippen molar-refractivity contribution in [3.8, 4) is 0 Å². The van der Waals surface area contributed by atoms with Gasteiger partial charge in [-0.15, -0.1) is 24.8 Å². The number of nitrogens with one attached hydrogen (secondary N) is 3. The number of hydrogen-bond donors (Lipinski definition) is 3. The average molecular weight is 404 g/mol. The van der Waals surface area contributed by atoms with Crippen LogP contribution < -0.4 is 10.0 Å². The molecule has 0 unspecified atom stereocenters. The number of H-pyrrole nitrogens is 1. The summed E-state index contributed by atoms with van der Waals surface area (Å²) in [5, 5.41) is 8.95. The SMILES string of the molecule is CCOC(=O)c1cn[nH]c1S(=O)(=O)NCCN1CCNCC1.Cl.Cl. The Morgan fingerprint density at radius 2 is 2.04 bits per heavy atom. The first-order valence-corrected chi connectivity index (χ1v) is 8.66. The van der Waals surface area contributed by atoms with Crippen LogP contribution in [0.5, 0.6) is 0 Å². The number of halogens is 2. The maximum absolute atomic E-state index is 12.2. The van der Waals surface area contributed by atoms with E-state index in [0.717, 1.165) is 32.4 Å². The van der Waals surface area contributed by atoms with Crippen LogP contribution in [0.25, 0.3) is 0 Å². The quantitative estimate of drug-likeness (QED) is 0.530. The van der Waals surface area contributed by atoms with Crippen LogP contribution in [0.2, 0.25) is 0 Å². The highest BCUT2D eigenvalue weighted by Gasteiger charge is 2.25. The molecule has 0 spiro atoms. The molecule has 1 aliphatic rings. The van der Waals surface area contributed by atoms with E-state index in [1.54, 1.807) is 6.92 Å². The van der Waals surface area contributed by atoms with Crippen LogP contribution in [0.1, 0.15) is 17.3 Å². The number of carbonyl (C=O) groups excluding carboxylic acids is 1. The molecule has 9 nitrogen and oxygen atoms in total. The summed E-state index contributed by atoms with van der Waals surface area (Å²) >= 11 is 0. The van der Waals surface area contributed by atoms with Crippen molar-refractivity contribution in [2.24, 2.45) is 0 Å². The second-order valence-electron chi connectivity index (χ2n) is 4.82. The lowest BCUT2D eigenvalue weighted by atomic mass is 10.3. The highest BCUT2D eigenvalue weighted by Crippen LogP contribution is 2.12.